The van der Waals surface area contributed by atoms with Gasteiger partial charge >= 0.3 is 0 Å². The molecule has 0 aliphatic carbocycles. The van der Waals surface area contributed by atoms with E-state index in [4.69, 9.17) is 5.26 Å². The largest absolute Gasteiger partial charge is 0.312 e. The lowest BCUT2D eigenvalue weighted by Crippen LogP contribution is -2.26. The highest BCUT2D eigenvalue weighted by Crippen LogP contribution is 2.18. The zero-order valence-electron chi connectivity index (χ0n) is 10.5. The summed E-state index contributed by atoms with van der Waals surface area (Å²) in [6.07, 6.45) is 0. The van der Waals surface area contributed by atoms with Crippen molar-refractivity contribution in [3.8, 4) is 6.07 Å². The van der Waals surface area contributed by atoms with Crippen LogP contribution in [0.15, 0.2) is 0 Å². The molecule has 0 bridgehead atoms. The van der Waals surface area contributed by atoms with Gasteiger partial charge in [-0.2, -0.15) is 5.26 Å². The zero-order valence-corrected chi connectivity index (χ0v) is 10.5. The molecule has 0 atom stereocenters. The van der Waals surface area contributed by atoms with E-state index < -0.39 is 5.41 Å². The Hall–Kier alpha value is -1.63. The molecule has 1 heterocycles. The van der Waals surface area contributed by atoms with E-state index in [1.165, 1.54) is 0 Å². The third-order valence-electron chi connectivity index (χ3n) is 2.70. The highest BCUT2D eigenvalue weighted by molar-refractivity contribution is 5.83. The van der Waals surface area contributed by atoms with Crippen molar-refractivity contribution >= 4 is 5.78 Å². The van der Waals surface area contributed by atoms with Crippen LogP contribution in [0, 0.1) is 30.6 Å². The highest BCUT2D eigenvalue weighted by atomic mass is 16.1. The van der Waals surface area contributed by atoms with E-state index >= 15 is 0 Å². The van der Waals surface area contributed by atoms with Crippen molar-refractivity contribution in [1.29, 1.82) is 5.26 Å². The van der Waals surface area contributed by atoms with Crippen LogP contribution in [0.5, 0.6) is 0 Å². The van der Waals surface area contributed by atoms with Gasteiger partial charge in [0.15, 0.2) is 5.78 Å². The maximum absolute atomic E-state index is 11.9. The summed E-state index contributed by atoms with van der Waals surface area (Å²) in [5, 5.41) is 8.93. The number of hydrogen-bond acceptors (Lipinski definition) is 3. The molecule has 4 heteroatoms. The van der Waals surface area contributed by atoms with Crippen LogP contribution in [-0.2, 0) is 11.3 Å². The molecule has 0 unspecified atom stereocenters. The van der Waals surface area contributed by atoms with Crippen LogP contribution in [-0.4, -0.2) is 15.3 Å². The van der Waals surface area contributed by atoms with Gasteiger partial charge in [-0.05, 0) is 13.8 Å². The standard InChI is InChI=1S/C12H17N3O/c1-8-9(2)15(11(6-13)14-8)7-10(16)12(3,4)5/h7H2,1-5H3. The fourth-order valence-electron chi connectivity index (χ4n) is 1.31. The van der Waals surface area contributed by atoms with Crippen molar-refractivity contribution in [3.63, 3.8) is 0 Å². The predicted octanol–water partition coefficient (Wildman–Crippen LogP) is 1.99. The number of nitrogens with zero attached hydrogens (tertiary/aromatic N) is 3. The molecule has 16 heavy (non-hydrogen) atoms. The summed E-state index contributed by atoms with van der Waals surface area (Å²) in [4.78, 5) is 16.0. The molecule has 1 aromatic rings. The summed E-state index contributed by atoms with van der Waals surface area (Å²) < 4.78 is 1.68. The Morgan fingerprint density at radius 1 is 1.44 bits per heavy atom. The molecule has 0 amide bonds. The number of imidazole rings is 1. The minimum Gasteiger partial charge on any atom is -0.312 e. The normalized spacial score (nSPS) is 11.2. The molecule has 0 radical (unpaired) electrons. The van der Waals surface area contributed by atoms with Gasteiger partial charge in [-0.25, -0.2) is 4.98 Å². The molecule has 1 aromatic heterocycles. The van der Waals surface area contributed by atoms with Crippen LogP contribution in [0.2, 0.25) is 0 Å². The van der Waals surface area contributed by atoms with E-state index in [1.807, 2.05) is 40.7 Å². The molecular formula is C12H17N3O. The molecule has 1 rings (SSSR count). The number of Topliss-reactive ketones (excluding diaryl/α,β-unsaturated/α-hetero) is 1. The van der Waals surface area contributed by atoms with Crippen LogP contribution in [0.3, 0.4) is 0 Å². The summed E-state index contributed by atoms with van der Waals surface area (Å²) in [7, 11) is 0. The Kier molecular flexibility index (Phi) is 3.18. The topological polar surface area (TPSA) is 58.7 Å². The molecule has 4 nitrogen and oxygen atoms in total. The van der Waals surface area contributed by atoms with Crippen LogP contribution in [0.25, 0.3) is 0 Å². The van der Waals surface area contributed by atoms with Crippen LogP contribution in [0.1, 0.15) is 38.0 Å². The fraction of sp³-hybridized carbons (Fsp3) is 0.583. The number of hydrogen-bond donors (Lipinski definition) is 0. The first-order valence-electron chi connectivity index (χ1n) is 5.24. The first-order valence-corrected chi connectivity index (χ1v) is 5.24. The molecule has 0 aliphatic rings. The van der Waals surface area contributed by atoms with E-state index in [1.54, 1.807) is 4.57 Å². The summed E-state index contributed by atoms with van der Waals surface area (Å²) in [5.74, 6) is 0.414. The van der Waals surface area contributed by atoms with Crippen molar-refractivity contribution in [3.05, 3.63) is 17.2 Å². The lowest BCUT2D eigenvalue weighted by Gasteiger charge is -2.17. The van der Waals surface area contributed by atoms with E-state index in [-0.39, 0.29) is 12.3 Å². The SMILES string of the molecule is Cc1nc(C#N)n(CC(=O)C(C)(C)C)c1C. The fourth-order valence-corrected chi connectivity index (χ4v) is 1.31. The van der Waals surface area contributed by atoms with Crippen LogP contribution in [0.4, 0.5) is 0 Å². The van der Waals surface area contributed by atoms with Crippen molar-refractivity contribution < 1.29 is 4.79 Å². The summed E-state index contributed by atoms with van der Waals surface area (Å²) in [6, 6.07) is 2.01. The van der Waals surface area contributed by atoms with Gasteiger partial charge < -0.3 is 4.57 Å². The second kappa shape index (κ2) is 4.09. The second-order valence-electron chi connectivity index (χ2n) is 4.98. The minimum atomic E-state index is -0.392. The van der Waals surface area contributed by atoms with Gasteiger partial charge in [-0.1, -0.05) is 20.8 Å². The lowest BCUT2D eigenvalue weighted by atomic mass is 9.91. The zero-order chi connectivity index (χ0) is 12.5. The number of aryl methyl sites for hydroxylation is 1. The Balaban J connectivity index is 3.07. The second-order valence-corrected chi connectivity index (χ2v) is 4.98. The third kappa shape index (κ3) is 2.30. The van der Waals surface area contributed by atoms with Gasteiger partial charge in [-0.3, -0.25) is 4.79 Å². The Morgan fingerprint density at radius 2 is 2.00 bits per heavy atom. The van der Waals surface area contributed by atoms with E-state index in [2.05, 4.69) is 4.98 Å². The van der Waals surface area contributed by atoms with E-state index in [0.717, 1.165) is 11.4 Å². The molecule has 0 fully saturated rings. The maximum atomic E-state index is 11.9. The lowest BCUT2D eigenvalue weighted by molar-refractivity contribution is -0.126. The third-order valence-corrected chi connectivity index (χ3v) is 2.70. The molecule has 0 saturated heterocycles. The molecule has 0 N–H and O–H groups in total. The average Bonchev–Trinajstić information content (AvgIpc) is 2.44. The Bertz CT molecular complexity index is 458. The van der Waals surface area contributed by atoms with Gasteiger partial charge in [0.05, 0.1) is 12.2 Å². The number of rotatable bonds is 2. The Labute approximate surface area is 95.9 Å². The van der Waals surface area contributed by atoms with Crippen molar-refractivity contribution in [2.24, 2.45) is 5.41 Å². The minimum absolute atomic E-state index is 0.101. The first kappa shape index (κ1) is 12.4. The molecule has 0 aromatic carbocycles. The van der Waals surface area contributed by atoms with Gasteiger partial charge in [0, 0.05) is 11.1 Å². The van der Waals surface area contributed by atoms with Gasteiger partial charge in [0.2, 0.25) is 5.82 Å². The van der Waals surface area contributed by atoms with E-state index in [0.29, 0.717) is 5.82 Å². The number of ketones is 1. The monoisotopic (exact) mass is 219 g/mol. The maximum Gasteiger partial charge on any atom is 0.213 e. The summed E-state index contributed by atoms with van der Waals surface area (Å²) >= 11 is 0. The smallest absolute Gasteiger partial charge is 0.213 e. The molecule has 0 saturated carbocycles. The highest BCUT2D eigenvalue weighted by Gasteiger charge is 2.23. The molecular weight excluding hydrogens is 202 g/mol. The van der Waals surface area contributed by atoms with Gasteiger partial charge in [-0.15, -0.1) is 0 Å². The van der Waals surface area contributed by atoms with Crippen molar-refractivity contribution in [1.82, 2.24) is 9.55 Å². The van der Waals surface area contributed by atoms with Gasteiger partial charge in [0.25, 0.3) is 0 Å². The summed E-state index contributed by atoms with van der Waals surface area (Å²) in [6.45, 7) is 9.56. The number of nitriles is 1. The number of carbonyl (C=O) groups excluding carboxylic acids is 1. The van der Waals surface area contributed by atoms with Crippen LogP contribution >= 0.6 is 0 Å². The van der Waals surface area contributed by atoms with Crippen molar-refractivity contribution in [2.45, 2.75) is 41.2 Å². The quantitative estimate of drug-likeness (QED) is 0.764. The first-order chi connectivity index (χ1) is 7.27. The van der Waals surface area contributed by atoms with Crippen molar-refractivity contribution in [2.75, 3.05) is 0 Å². The summed E-state index contributed by atoms with van der Waals surface area (Å²) in [5.41, 5.74) is 1.30. The van der Waals surface area contributed by atoms with E-state index in [9.17, 15) is 4.79 Å². The molecule has 0 aliphatic heterocycles. The Morgan fingerprint density at radius 3 is 2.44 bits per heavy atom. The molecule has 86 valence electrons. The predicted molar refractivity (Wildman–Crippen MR) is 60.9 cm³/mol. The molecule has 0 spiro atoms. The average molecular weight is 219 g/mol. The number of aromatic nitrogens is 2. The van der Waals surface area contributed by atoms with Crippen LogP contribution < -0.4 is 0 Å². The van der Waals surface area contributed by atoms with Gasteiger partial charge in [0.1, 0.15) is 6.07 Å². The number of carbonyl (C=O) groups is 1.